The second-order valence-corrected chi connectivity index (χ2v) is 6.23. The van der Waals surface area contributed by atoms with Gasteiger partial charge in [0.25, 0.3) is 0 Å². The number of imide groups is 1. The van der Waals surface area contributed by atoms with E-state index in [-0.39, 0.29) is 12.3 Å². The molecule has 0 radical (unpaired) electrons. The molecule has 1 N–H and O–H groups in total. The Morgan fingerprint density at radius 1 is 1.38 bits per heavy atom. The molecule has 2 aliphatic rings. The predicted octanol–water partition coefficient (Wildman–Crippen LogP) is 1.02. The third-order valence-electron chi connectivity index (χ3n) is 5.19. The maximum atomic E-state index is 13.6. The fraction of sp³-hybridized carbons (Fsp3) is 0.471. The Morgan fingerprint density at radius 3 is 2.67 bits per heavy atom. The molecule has 6 nitrogen and oxygen atoms in total. The number of hydrogen-bond donors (Lipinski definition) is 1. The van der Waals surface area contributed by atoms with Crippen molar-refractivity contribution < 1.29 is 23.5 Å². The van der Waals surface area contributed by atoms with E-state index >= 15 is 0 Å². The van der Waals surface area contributed by atoms with Crippen LogP contribution in [0.1, 0.15) is 24.9 Å². The second kappa shape index (κ2) is 5.66. The molecule has 3 rings (SSSR count). The summed E-state index contributed by atoms with van der Waals surface area (Å²) in [6.07, 6.45) is 0.277. The van der Waals surface area contributed by atoms with Gasteiger partial charge < -0.3 is 4.74 Å². The normalized spacial score (nSPS) is 32.2. The van der Waals surface area contributed by atoms with Gasteiger partial charge in [0.05, 0.1) is 18.9 Å². The Kier molecular flexibility index (Phi) is 3.91. The van der Waals surface area contributed by atoms with Gasteiger partial charge in [0.1, 0.15) is 11.4 Å². The molecule has 2 saturated heterocycles. The quantitative estimate of drug-likeness (QED) is 0.660. The molecular formula is C17H19FN2O4. The first kappa shape index (κ1) is 16.6. The van der Waals surface area contributed by atoms with E-state index in [9.17, 15) is 18.8 Å². The number of nitrogens with one attached hydrogen (secondary N) is 1. The molecule has 2 heterocycles. The van der Waals surface area contributed by atoms with Crippen molar-refractivity contribution in [2.24, 2.45) is 11.8 Å². The van der Waals surface area contributed by atoms with Gasteiger partial charge in [-0.25, -0.2) is 4.39 Å². The molecule has 0 bridgehead atoms. The molecule has 0 aromatic heterocycles. The van der Waals surface area contributed by atoms with Crippen LogP contribution in [0.15, 0.2) is 24.3 Å². The third kappa shape index (κ3) is 2.07. The number of likely N-dealkylation sites (tertiary alicyclic amines) is 1. The van der Waals surface area contributed by atoms with Gasteiger partial charge in [-0.1, -0.05) is 19.1 Å². The molecule has 0 spiro atoms. The largest absolute Gasteiger partial charge is 0.468 e. The van der Waals surface area contributed by atoms with Gasteiger partial charge in [0, 0.05) is 13.1 Å². The van der Waals surface area contributed by atoms with Gasteiger partial charge in [-0.2, -0.15) is 0 Å². The van der Waals surface area contributed by atoms with E-state index < -0.39 is 41.1 Å². The van der Waals surface area contributed by atoms with Crippen molar-refractivity contribution in [3.63, 3.8) is 0 Å². The monoisotopic (exact) mass is 334 g/mol. The van der Waals surface area contributed by atoms with Crippen LogP contribution >= 0.6 is 0 Å². The third-order valence-corrected chi connectivity index (χ3v) is 5.19. The van der Waals surface area contributed by atoms with Gasteiger partial charge in [0.2, 0.25) is 11.8 Å². The maximum absolute atomic E-state index is 13.6. The molecule has 24 heavy (non-hydrogen) atoms. The van der Waals surface area contributed by atoms with Crippen molar-refractivity contribution in [2.75, 3.05) is 14.2 Å². The number of amides is 2. The number of rotatable bonds is 3. The predicted molar refractivity (Wildman–Crippen MR) is 82.1 cm³/mol. The molecule has 128 valence electrons. The van der Waals surface area contributed by atoms with E-state index in [1.54, 1.807) is 13.0 Å². The van der Waals surface area contributed by atoms with Crippen molar-refractivity contribution >= 4 is 17.8 Å². The van der Waals surface area contributed by atoms with Crippen molar-refractivity contribution in [1.29, 1.82) is 0 Å². The van der Waals surface area contributed by atoms with Crippen LogP contribution < -0.4 is 5.32 Å². The maximum Gasteiger partial charge on any atom is 0.326 e. The Balaban J connectivity index is 2.14. The molecule has 1 aromatic carbocycles. The van der Waals surface area contributed by atoms with Crippen molar-refractivity contribution in [3.05, 3.63) is 35.6 Å². The van der Waals surface area contributed by atoms with Crippen LogP contribution in [0.2, 0.25) is 0 Å². The zero-order valence-electron chi connectivity index (χ0n) is 13.7. The molecule has 0 saturated carbocycles. The van der Waals surface area contributed by atoms with Crippen LogP contribution in [-0.4, -0.2) is 42.4 Å². The first-order valence-electron chi connectivity index (χ1n) is 7.80. The number of fused-ring (bicyclic) bond motifs is 1. The summed E-state index contributed by atoms with van der Waals surface area (Å²) in [6.45, 7) is 1.75. The van der Waals surface area contributed by atoms with Crippen LogP contribution in [0.25, 0.3) is 0 Å². The van der Waals surface area contributed by atoms with Crippen molar-refractivity contribution in [2.45, 2.75) is 24.9 Å². The van der Waals surface area contributed by atoms with Crippen LogP contribution in [0.5, 0.6) is 0 Å². The molecule has 4 atom stereocenters. The van der Waals surface area contributed by atoms with Gasteiger partial charge in [0.15, 0.2) is 0 Å². The highest BCUT2D eigenvalue weighted by atomic mass is 19.1. The van der Waals surface area contributed by atoms with E-state index in [0.717, 1.165) is 4.90 Å². The summed E-state index contributed by atoms with van der Waals surface area (Å²) in [5.41, 5.74) is -0.769. The minimum absolute atomic E-state index is 0.277. The summed E-state index contributed by atoms with van der Waals surface area (Å²) in [5.74, 6) is -3.43. The smallest absolute Gasteiger partial charge is 0.326 e. The van der Waals surface area contributed by atoms with E-state index in [2.05, 4.69) is 5.32 Å². The molecule has 2 aliphatic heterocycles. The van der Waals surface area contributed by atoms with Crippen molar-refractivity contribution in [1.82, 2.24) is 10.2 Å². The number of halogens is 1. The number of methoxy groups -OCH3 is 1. The van der Waals surface area contributed by atoms with E-state index in [1.165, 1.54) is 32.4 Å². The molecule has 0 aliphatic carbocycles. The molecular weight excluding hydrogens is 315 g/mol. The summed E-state index contributed by atoms with van der Waals surface area (Å²) >= 11 is 0. The van der Waals surface area contributed by atoms with Gasteiger partial charge in [-0.05, 0) is 24.1 Å². The van der Waals surface area contributed by atoms with E-state index in [0.29, 0.717) is 5.56 Å². The molecule has 0 unspecified atom stereocenters. The minimum Gasteiger partial charge on any atom is -0.468 e. The SMILES string of the molecule is CC[C@]1(C(=O)OC)N[C@H](c2cccc(F)c2)[C@H]2C(=O)N(C)C(=O)[C@@H]21. The lowest BCUT2D eigenvalue weighted by atomic mass is 9.78. The fourth-order valence-electron chi connectivity index (χ4n) is 3.97. The number of esters is 1. The number of hydrogen-bond acceptors (Lipinski definition) is 5. The average molecular weight is 334 g/mol. The van der Waals surface area contributed by atoms with Crippen LogP contribution in [0, 0.1) is 17.7 Å². The lowest BCUT2D eigenvalue weighted by Crippen LogP contribution is -2.55. The van der Waals surface area contributed by atoms with Gasteiger partial charge >= 0.3 is 5.97 Å². The van der Waals surface area contributed by atoms with Gasteiger partial charge in [-0.3, -0.25) is 24.6 Å². The zero-order valence-corrected chi connectivity index (χ0v) is 13.7. The topological polar surface area (TPSA) is 75.7 Å². The van der Waals surface area contributed by atoms with E-state index in [4.69, 9.17) is 4.74 Å². The van der Waals surface area contributed by atoms with Crippen molar-refractivity contribution in [3.8, 4) is 0 Å². The molecule has 7 heteroatoms. The molecule has 2 fully saturated rings. The highest BCUT2D eigenvalue weighted by molar-refractivity contribution is 6.09. The summed E-state index contributed by atoms with van der Waals surface area (Å²) < 4.78 is 18.5. The Hall–Kier alpha value is -2.28. The lowest BCUT2D eigenvalue weighted by Gasteiger charge is -2.30. The first-order chi connectivity index (χ1) is 11.4. The highest BCUT2D eigenvalue weighted by Gasteiger charge is 2.67. The summed E-state index contributed by atoms with van der Waals surface area (Å²) in [5, 5.41) is 3.12. The molecule has 2 amide bonds. The Bertz CT molecular complexity index is 722. The first-order valence-corrected chi connectivity index (χ1v) is 7.80. The van der Waals surface area contributed by atoms with Gasteiger partial charge in [-0.15, -0.1) is 0 Å². The second-order valence-electron chi connectivity index (χ2n) is 6.23. The minimum atomic E-state index is -1.30. The Morgan fingerprint density at radius 2 is 2.08 bits per heavy atom. The van der Waals surface area contributed by atoms with Crippen LogP contribution in [-0.2, 0) is 19.1 Å². The summed E-state index contributed by atoms with van der Waals surface area (Å²) in [6, 6.07) is 5.20. The van der Waals surface area contributed by atoms with E-state index in [1.807, 2.05) is 0 Å². The summed E-state index contributed by atoms with van der Waals surface area (Å²) in [4.78, 5) is 38.7. The lowest BCUT2D eigenvalue weighted by molar-refractivity contribution is -0.154. The number of benzene rings is 1. The zero-order chi connectivity index (χ0) is 17.6. The number of carbonyl (C=O) groups excluding carboxylic acids is 3. The van der Waals surface area contributed by atoms with Crippen LogP contribution in [0.3, 0.4) is 0 Å². The summed E-state index contributed by atoms with van der Waals surface area (Å²) in [7, 11) is 2.65. The molecule has 1 aromatic rings. The Labute approximate surface area is 139 Å². The van der Waals surface area contributed by atoms with Crippen LogP contribution in [0.4, 0.5) is 4.39 Å². The average Bonchev–Trinajstić information content (AvgIpc) is 3.05. The number of nitrogens with zero attached hydrogens (tertiary/aromatic N) is 1. The highest BCUT2D eigenvalue weighted by Crippen LogP contribution is 2.49. The fourth-order valence-corrected chi connectivity index (χ4v) is 3.97. The number of carbonyl (C=O) groups is 3. The number of ether oxygens (including phenoxy) is 1. The standard InChI is InChI=1S/C17H19FN2O4/c1-4-17(16(23)24-3)12-11(14(21)20(2)15(12)22)13(19-17)9-6-5-7-10(18)8-9/h5-8,11-13,19H,4H2,1-3H3/t11-,12+,13+,17-/m0/s1.